The number of carbonyl (C=O) groups excluding carboxylic acids is 2. The molecule has 1 fully saturated rings. The van der Waals surface area contributed by atoms with Gasteiger partial charge in [-0.2, -0.15) is 0 Å². The SMILES string of the molecule is CC(C)(C)CC(=O)NCC(=O)NC1CCC(N)CC1. The molecule has 4 N–H and O–H groups in total. The standard InChI is InChI=1S/C14H27N3O2/c1-14(2,3)8-12(18)16-9-13(19)17-11-6-4-10(15)5-7-11/h10-11H,4-9,15H2,1-3H3,(H,16,18)(H,17,19). The van der Waals surface area contributed by atoms with Gasteiger partial charge in [-0.1, -0.05) is 20.8 Å². The van der Waals surface area contributed by atoms with Crippen LogP contribution < -0.4 is 16.4 Å². The number of nitrogens with two attached hydrogens (primary N) is 1. The van der Waals surface area contributed by atoms with Gasteiger partial charge in [0.05, 0.1) is 6.54 Å². The normalized spacial score (nSPS) is 23.8. The monoisotopic (exact) mass is 269 g/mol. The van der Waals surface area contributed by atoms with Gasteiger partial charge in [-0.3, -0.25) is 9.59 Å². The number of hydrogen-bond acceptors (Lipinski definition) is 3. The summed E-state index contributed by atoms with van der Waals surface area (Å²) < 4.78 is 0. The van der Waals surface area contributed by atoms with E-state index in [9.17, 15) is 9.59 Å². The summed E-state index contributed by atoms with van der Waals surface area (Å²) in [5.41, 5.74) is 5.76. The first-order valence-electron chi connectivity index (χ1n) is 7.08. The van der Waals surface area contributed by atoms with Gasteiger partial charge >= 0.3 is 0 Å². The van der Waals surface area contributed by atoms with Gasteiger partial charge in [0.25, 0.3) is 0 Å². The maximum atomic E-state index is 11.7. The molecule has 0 atom stereocenters. The topological polar surface area (TPSA) is 84.2 Å². The molecule has 0 radical (unpaired) electrons. The van der Waals surface area contributed by atoms with Crippen molar-refractivity contribution in [1.29, 1.82) is 0 Å². The molecule has 19 heavy (non-hydrogen) atoms. The molecule has 0 heterocycles. The first-order valence-corrected chi connectivity index (χ1v) is 7.08. The van der Waals surface area contributed by atoms with Crippen LogP contribution in [0.2, 0.25) is 0 Å². The van der Waals surface area contributed by atoms with E-state index < -0.39 is 0 Å². The Morgan fingerprint density at radius 3 is 2.21 bits per heavy atom. The van der Waals surface area contributed by atoms with Crippen LogP contribution in [0.1, 0.15) is 52.9 Å². The summed E-state index contributed by atoms with van der Waals surface area (Å²) in [4.78, 5) is 23.3. The lowest BCUT2D eigenvalue weighted by atomic mass is 9.91. The number of amides is 2. The van der Waals surface area contributed by atoms with Crippen molar-refractivity contribution < 1.29 is 9.59 Å². The van der Waals surface area contributed by atoms with Crippen molar-refractivity contribution in [2.24, 2.45) is 11.1 Å². The van der Waals surface area contributed by atoms with Crippen LogP contribution in [0, 0.1) is 5.41 Å². The lowest BCUT2D eigenvalue weighted by Gasteiger charge is -2.26. The molecule has 1 saturated carbocycles. The Morgan fingerprint density at radius 1 is 1.11 bits per heavy atom. The second kappa shape index (κ2) is 6.89. The third kappa shape index (κ3) is 7.15. The fraction of sp³-hybridized carbons (Fsp3) is 0.857. The Bertz CT molecular complexity index is 315. The Labute approximate surface area is 115 Å². The molecule has 0 unspecified atom stereocenters. The predicted molar refractivity (Wildman–Crippen MR) is 75.5 cm³/mol. The minimum Gasteiger partial charge on any atom is -0.352 e. The van der Waals surface area contributed by atoms with Gasteiger partial charge in [-0.25, -0.2) is 0 Å². The predicted octanol–water partition coefficient (Wildman–Crippen LogP) is 0.925. The van der Waals surface area contributed by atoms with Crippen molar-refractivity contribution in [2.45, 2.75) is 65.0 Å². The summed E-state index contributed by atoms with van der Waals surface area (Å²) >= 11 is 0. The van der Waals surface area contributed by atoms with Crippen molar-refractivity contribution >= 4 is 11.8 Å². The van der Waals surface area contributed by atoms with Gasteiger partial charge in [0.15, 0.2) is 0 Å². The summed E-state index contributed by atoms with van der Waals surface area (Å²) in [6.07, 6.45) is 4.22. The summed E-state index contributed by atoms with van der Waals surface area (Å²) in [5, 5.41) is 5.61. The van der Waals surface area contributed by atoms with E-state index in [1.54, 1.807) is 0 Å². The fourth-order valence-corrected chi connectivity index (χ4v) is 2.27. The van der Waals surface area contributed by atoms with Gasteiger partial charge in [-0.15, -0.1) is 0 Å². The molecule has 0 aromatic rings. The number of hydrogen-bond donors (Lipinski definition) is 3. The van der Waals surface area contributed by atoms with E-state index in [-0.39, 0.29) is 35.9 Å². The highest BCUT2D eigenvalue weighted by Gasteiger charge is 2.20. The van der Waals surface area contributed by atoms with E-state index in [1.165, 1.54) is 0 Å². The highest BCUT2D eigenvalue weighted by molar-refractivity contribution is 5.85. The van der Waals surface area contributed by atoms with Crippen molar-refractivity contribution in [3.05, 3.63) is 0 Å². The Balaban J connectivity index is 2.19. The van der Waals surface area contributed by atoms with Gasteiger partial charge in [0.1, 0.15) is 0 Å². The van der Waals surface area contributed by atoms with E-state index >= 15 is 0 Å². The molecule has 0 bridgehead atoms. The van der Waals surface area contributed by atoms with E-state index in [4.69, 9.17) is 5.73 Å². The average Bonchev–Trinajstić information content (AvgIpc) is 2.27. The van der Waals surface area contributed by atoms with E-state index in [0.717, 1.165) is 25.7 Å². The van der Waals surface area contributed by atoms with E-state index in [2.05, 4.69) is 10.6 Å². The van der Waals surface area contributed by atoms with Crippen molar-refractivity contribution in [3.63, 3.8) is 0 Å². The molecule has 0 aliphatic heterocycles. The summed E-state index contributed by atoms with van der Waals surface area (Å²) in [6, 6.07) is 0.492. The zero-order chi connectivity index (χ0) is 14.5. The minimum absolute atomic E-state index is 0.0555. The lowest BCUT2D eigenvalue weighted by Crippen LogP contribution is -2.45. The molecule has 0 saturated heterocycles. The maximum absolute atomic E-state index is 11.7. The van der Waals surface area contributed by atoms with Crippen LogP contribution in [0.5, 0.6) is 0 Å². The van der Waals surface area contributed by atoms with E-state index in [1.807, 2.05) is 20.8 Å². The van der Waals surface area contributed by atoms with Crippen molar-refractivity contribution in [2.75, 3.05) is 6.54 Å². The third-order valence-corrected chi connectivity index (χ3v) is 3.27. The first-order chi connectivity index (χ1) is 8.76. The Kier molecular flexibility index (Phi) is 5.79. The highest BCUT2D eigenvalue weighted by atomic mass is 16.2. The van der Waals surface area contributed by atoms with Crippen molar-refractivity contribution in [1.82, 2.24) is 10.6 Å². The van der Waals surface area contributed by atoms with Crippen LogP contribution in [0.15, 0.2) is 0 Å². The molecular weight excluding hydrogens is 242 g/mol. The third-order valence-electron chi connectivity index (χ3n) is 3.27. The smallest absolute Gasteiger partial charge is 0.239 e. The fourth-order valence-electron chi connectivity index (χ4n) is 2.27. The van der Waals surface area contributed by atoms with Gasteiger partial charge in [0.2, 0.25) is 11.8 Å². The zero-order valence-corrected chi connectivity index (χ0v) is 12.3. The van der Waals surface area contributed by atoms with Crippen LogP contribution in [0.3, 0.4) is 0 Å². The highest BCUT2D eigenvalue weighted by Crippen LogP contribution is 2.18. The van der Waals surface area contributed by atoms with Crippen molar-refractivity contribution in [3.8, 4) is 0 Å². The molecule has 1 aliphatic rings. The number of nitrogens with one attached hydrogen (secondary N) is 2. The summed E-state index contributed by atoms with van der Waals surface area (Å²) in [7, 11) is 0. The number of carbonyl (C=O) groups is 2. The summed E-state index contributed by atoms with van der Waals surface area (Å²) in [5.74, 6) is -0.184. The quantitative estimate of drug-likeness (QED) is 0.709. The molecule has 0 aromatic heterocycles. The number of rotatable bonds is 4. The van der Waals surface area contributed by atoms with Crippen LogP contribution in [-0.4, -0.2) is 30.4 Å². The second-order valence-corrected chi connectivity index (χ2v) is 6.69. The molecule has 5 heteroatoms. The van der Waals surface area contributed by atoms with Crippen LogP contribution in [-0.2, 0) is 9.59 Å². The average molecular weight is 269 g/mol. The van der Waals surface area contributed by atoms with Gasteiger partial charge in [-0.05, 0) is 31.1 Å². The first kappa shape index (κ1) is 16.0. The molecule has 2 amide bonds. The molecular formula is C14H27N3O2. The van der Waals surface area contributed by atoms with Crippen LogP contribution >= 0.6 is 0 Å². The molecule has 0 aromatic carbocycles. The zero-order valence-electron chi connectivity index (χ0n) is 12.3. The van der Waals surface area contributed by atoms with E-state index in [0.29, 0.717) is 6.42 Å². The molecule has 110 valence electrons. The Hall–Kier alpha value is -1.10. The van der Waals surface area contributed by atoms with Gasteiger partial charge in [0, 0.05) is 18.5 Å². The van der Waals surface area contributed by atoms with Crippen LogP contribution in [0.25, 0.3) is 0 Å². The Morgan fingerprint density at radius 2 is 1.68 bits per heavy atom. The molecule has 5 nitrogen and oxygen atoms in total. The maximum Gasteiger partial charge on any atom is 0.239 e. The molecule has 1 aliphatic carbocycles. The summed E-state index contributed by atoms with van der Waals surface area (Å²) in [6.45, 7) is 6.06. The van der Waals surface area contributed by atoms with Gasteiger partial charge < -0.3 is 16.4 Å². The lowest BCUT2D eigenvalue weighted by molar-refractivity contribution is -0.127. The van der Waals surface area contributed by atoms with Crippen LogP contribution in [0.4, 0.5) is 0 Å². The minimum atomic E-state index is -0.109. The second-order valence-electron chi connectivity index (χ2n) is 6.69. The largest absolute Gasteiger partial charge is 0.352 e. The molecule has 1 rings (SSSR count). The molecule has 0 spiro atoms.